The van der Waals surface area contributed by atoms with Gasteiger partial charge in [-0.05, 0) is 25.5 Å². The third kappa shape index (κ3) is 4.08. The van der Waals surface area contributed by atoms with E-state index < -0.39 is 0 Å². The van der Waals surface area contributed by atoms with Gasteiger partial charge in [0.15, 0.2) is 5.16 Å². The van der Waals surface area contributed by atoms with Gasteiger partial charge >= 0.3 is 0 Å². The minimum Gasteiger partial charge on any atom is -0.313 e. The lowest BCUT2D eigenvalue weighted by atomic mass is 10.1. The Morgan fingerprint density at radius 2 is 2.00 bits per heavy atom. The normalized spacial score (nSPS) is 10.8. The van der Waals surface area contributed by atoms with Crippen molar-refractivity contribution in [1.82, 2.24) is 20.1 Å². The van der Waals surface area contributed by atoms with E-state index in [2.05, 4.69) is 50.4 Å². The van der Waals surface area contributed by atoms with Crippen LogP contribution in [0.5, 0.6) is 0 Å². The molecule has 0 aliphatic rings. The minimum absolute atomic E-state index is 0.758. The predicted molar refractivity (Wildman–Crippen MR) is 79.3 cm³/mol. The highest BCUT2D eigenvalue weighted by atomic mass is 32.2. The summed E-state index contributed by atoms with van der Waals surface area (Å²) in [6.07, 6.45) is 2.28. The lowest BCUT2D eigenvalue weighted by molar-refractivity contribution is 0.682. The zero-order valence-corrected chi connectivity index (χ0v) is 12.3. The van der Waals surface area contributed by atoms with E-state index >= 15 is 0 Å². The van der Waals surface area contributed by atoms with Crippen LogP contribution in [0.3, 0.4) is 0 Å². The summed E-state index contributed by atoms with van der Waals surface area (Å²) in [6, 6.07) is 10.6. The van der Waals surface area contributed by atoms with Gasteiger partial charge in [0.2, 0.25) is 0 Å². The van der Waals surface area contributed by atoms with Crippen LogP contribution in [0.25, 0.3) is 0 Å². The molecule has 102 valence electrons. The minimum atomic E-state index is 0.758. The Morgan fingerprint density at radius 3 is 2.74 bits per heavy atom. The van der Waals surface area contributed by atoms with E-state index in [0.29, 0.717) is 0 Å². The van der Waals surface area contributed by atoms with Crippen molar-refractivity contribution in [3.63, 3.8) is 0 Å². The van der Waals surface area contributed by atoms with E-state index in [9.17, 15) is 0 Å². The first-order valence-electron chi connectivity index (χ1n) is 6.51. The number of nitrogens with one attached hydrogen (secondary N) is 1. The molecule has 2 aromatic rings. The molecule has 1 N–H and O–H groups in total. The maximum Gasteiger partial charge on any atom is 0.190 e. The van der Waals surface area contributed by atoms with E-state index in [1.165, 1.54) is 5.56 Å². The maximum atomic E-state index is 4.21. The molecule has 0 amide bonds. The second kappa shape index (κ2) is 7.31. The highest BCUT2D eigenvalue weighted by Gasteiger charge is 2.07. The second-order valence-corrected chi connectivity index (χ2v) is 5.49. The van der Waals surface area contributed by atoms with Gasteiger partial charge in [-0.1, -0.05) is 42.1 Å². The van der Waals surface area contributed by atoms with Crippen LogP contribution in [-0.4, -0.2) is 27.6 Å². The van der Waals surface area contributed by atoms with Gasteiger partial charge in [0.1, 0.15) is 5.82 Å². The van der Waals surface area contributed by atoms with Gasteiger partial charge in [0.05, 0.1) is 6.54 Å². The molecule has 0 bridgehead atoms. The van der Waals surface area contributed by atoms with Crippen LogP contribution in [0.4, 0.5) is 0 Å². The van der Waals surface area contributed by atoms with Crippen LogP contribution in [0.1, 0.15) is 17.8 Å². The zero-order valence-electron chi connectivity index (χ0n) is 11.5. The zero-order chi connectivity index (χ0) is 13.5. The average Bonchev–Trinajstić information content (AvgIpc) is 2.78. The summed E-state index contributed by atoms with van der Waals surface area (Å²) >= 11 is 1.77. The number of nitrogens with zero attached hydrogens (tertiary/aromatic N) is 3. The third-order valence-electron chi connectivity index (χ3n) is 2.94. The number of benzene rings is 1. The van der Waals surface area contributed by atoms with Crippen LogP contribution < -0.4 is 5.32 Å². The Kier molecular flexibility index (Phi) is 5.42. The van der Waals surface area contributed by atoms with Crippen molar-refractivity contribution in [1.29, 1.82) is 0 Å². The SMILES string of the molecule is CNCc1nnc(SCCCc2ccccc2)n1C. The molecule has 19 heavy (non-hydrogen) atoms. The molecule has 0 fully saturated rings. The predicted octanol–water partition coefficient (Wildman–Crippen LogP) is 2.26. The van der Waals surface area contributed by atoms with Crippen molar-refractivity contribution < 1.29 is 0 Å². The van der Waals surface area contributed by atoms with Crippen molar-refractivity contribution >= 4 is 11.8 Å². The molecule has 0 saturated carbocycles. The molecule has 0 radical (unpaired) electrons. The van der Waals surface area contributed by atoms with E-state index in [4.69, 9.17) is 0 Å². The summed E-state index contributed by atoms with van der Waals surface area (Å²) in [7, 11) is 3.94. The topological polar surface area (TPSA) is 42.7 Å². The van der Waals surface area contributed by atoms with Crippen molar-refractivity contribution in [2.24, 2.45) is 7.05 Å². The number of thioether (sulfide) groups is 1. The van der Waals surface area contributed by atoms with Gasteiger partial charge in [-0.25, -0.2) is 0 Å². The van der Waals surface area contributed by atoms with E-state index in [1.54, 1.807) is 11.8 Å². The lowest BCUT2D eigenvalue weighted by Gasteiger charge is -2.03. The van der Waals surface area contributed by atoms with Crippen LogP contribution in [0.15, 0.2) is 35.5 Å². The number of aromatic nitrogens is 3. The van der Waals surface area contributed by atoms with E-state index in [1.807, 2.05) is 14.1 Å². The molecular weight excluding hydrogens is 256 g/mol. The van der Waals surface area contributed by atoms with Gasteiger partial charge in [-0.2, -0.15) is 0 Å². The molecule has 0 unspecified atom stereocenters. The molecular formula is C14H20N4S. The Balaban J connectivity index is 1.77. The Bertz CT molecular complexity index is 495. The van der Waals surface area contributed by atoms with Crippen molar-refractivity contribution in [2.75, 3.05) is 12.8 Å². The summed E-state index contributed by atoms with van der Waals surface area (Å²) in [5.41, 5.74) is 1.40. The molecule has 0 spiro atoms. The Hall–Kier alpha value is -1.33. The highest BCUT2D eigenvalue weighted by molar-refractivity contribution is 7.99. The number of rotatable bonds is 7. The standard InChI is InChI=1S/C14H20N4S/c1-15-11-13-16-17-14(18(13)2)19-10-6-9-12-7-4-3-5-8-12/h3-5,7-8,15H,6,9-11H2,1-2H3. The first-order chi connectivity index (χ1) is 9.31. The molecule has 4 nitrogen and oxygen atoms in total. The van der Waals surface area contributed by atoms with Crippen LogP contribution in [0.2, 0.25) is 0 Å². The van der Waals surface area contributed by atoms with E-state index in [0.717, 1.165) is 36.1 Å². The van der Waals surface area contributed by atoms with Gasteiger partial charge in [0.25, 0.3) is 0 Å². The van der Waals surface area contributed by atoms with Crippen LogP contribution in [0, 0.1) is 0 Å². The molecule has 5 heteroatoms. The van der Waals surface area contributed by atoms with Gasteiger partial charge in [-0.15, -0.1) is 10.2 Å². The summed E-state index contributed by atoms with van der Waals surface area (Å²) in [5.74, 6) is 2.05. The summed E-state index contributed by atoms with van der Waals surface area (Å²) in [6.45, 7) is 0.758. The largest absolute Gasteiger partial charge is 0.313 e. The molecule has 0 saturated heterocycles. The summed E-state index contributed by atoms with van der Waals surface area (Å²) in [4.78, 5) is 0. The first-order valence-corrected chi connectivity index (χ1v) is 7.49. The molecule has 0 atom stereocenters. The molecule has 0 aliphatic heterocycles. The summed E-state index contributed by atoms with van der Waals surface area (Å²) < 4.78 is 2.06. The quantitative estimate of drug-likeness (QED) is 0.622. The van der Waals surface area contributed by atoms with Crippen LogP contribution >= 0.6 is 11.8 Å². The van der Waals surface area contributed by atoms with Gasteiger partial charge in [0, 0.05) is 12.8 Å². The van der Waals surface area contributed by atoms with Gasteiger partial charge in [-0.3, -0.25) is 0 Å². The van der Waals surface area contributed by atoms with Crippen molar-refractivity contribution in [3.05, 3.63) is 41.7 Å². The fourth-order valence-corrected chi connectivity index (χ4v) is 2.74. The van der Waals surface area contributed by atoms with Crippen LogP contribution in [-0.2, 0) is 20.0 Å². The lowest BCUT2D eigenvalue weighted by Crippen LogP contribution is -2.10. The molecule has 0 aliphatic carbocycles. The molecule has 1 aromatic carbocycles. The van der Waals surface area contributed by atoms with E-state index in [-0.39, 0.29) is 0 Å². The van der Waals surface area contributed by atoms with Crippen molar-refractivity contribution in [2.45, 2.75) is 24.5 Å². The Labute approximate surface area is 118 Å². The fraction of sp³-hybridized carbons (Fsp3) is 0.429. The second-order valence-electron chi connectivity index (χ2n) is 4.43. The van der Waals surface area contributed by atoms with Gasteiger partial charge < -0.3 is 9.88 Å². The molecule has 1 aromatic heterocycles. The smallest absolute Gasteiger partial charge is 0.190 e. The first kappa shape index (κ1) is 14.1. The highest BCUT2D eigenvalue weighted by Crippen LogP contribution is 2.17. The number of hydrogen-bond donors (Lipinski definition) is 1. The third-order valence-corrected chi connectivity index (χ3v) is 4.05. The monoisotopic (exact) mass is 276 g/mol. The fourth-order valence-electron chi connectivity index (χ4n) is 1.87. The molecule has 2 rings (SSSR count). The molecule has 1 heterocycles. The average molecular weight is 276 g/mol. The number of aryl methyl sites for hydroxylation is 1. The summed E-state index contributed by atoms with van der Waals surface area (Å²) in [5, 5.41) is 12.5. The van der Waals surface area contributed by atoms with Crippen molar-refractivity contribution in [3.8, 4) is 0 Å². The number of hydrogen-bond acceptors (Lipinski definition) is 4. The maximum absolute atomic E-state index is 4.21. The Morgan fingerprint density at radius 1 is 1.21 bits per heavy atom.